The van der Waals surface area contributed by atoms with Gasteiger partial charge >= 0.3 is 0 Å². The van der Waals surface area contributed by atoms with E-state index in [2.05, 4.69) is 0 Å². The molecular formula is C11H15N3O2S. The first-order valence-corrected chi connectivity index (χ1v) is 6.67. The van der Waals surface area contributed by atoms with Crippen LogP contribution in [0.15, 0.2) is 24.3 Å². The highest BCUT2D eigenvalue weighted by Crippen LogP contribution is 2.23. The standard InChI is InChI=1S/C11H15N3O2S/c1-9(10-4-3-5-11(13)8-10)14(2)17(15,16)7-6-12/h3-5,8-9H,7,13H2,1-2H3. The molecule has 0 aliphatic carbocycles. The molecule has 0 aliphatic heterocycles. The molecule has 6 heteroatoms. The van der Waals surface area contributed by atoms with Crippen LogP contribution in [0.5, 0.6) is 0 Å². The Labute approximate surface area is 102 Å². The Bertz CT molecular complexity index is 534. The highest BCUT2D eigenvalue weighted by atomic mass is 32.2. The van der Waals surface area contributed by atoms with E-state index in [4.69, 9.17) is 11.0 Å². The fraction of sp³-hybridized carbons (Fsp3) is 0.364. The predicted molar refractivity (Wildman–Crippen MR) is 66.4 cm³/mol. The molecule has 1 aromatic carbocycles. The van der Waals surface area contributed by atoms with Crippen molar-refractivity contribution in [3.05, 3.63) is 29.8 Å². The van der Waals surface area contributed by atoms with Crippen LogP contribution in [0.25, 0.3) is 0 Å². The number of hydrogen-bond acceptors (Lipinski definition) is 4. The number of nitrogens with two attached hydrogens (primary N) is 1. The first-order valence-electron chi connectivity index (χ1n) is 5.06. The van der Waals surface area contributed by atoms with E-state index in [0.29, 0.717) is 5.69 Å². The second-order valence-corrected chi connectivity index (χ2v) is 5.81. The maximum Gasteiger partial charge on any atom is 0.227 e. The molecule has 0 fully saturated rings. The summed E-state index contributed by atoms with van der Waals surface area (Å²) >= 11 is 0. The maximum atomic E-state index is 11.7. The van der Waals surface area contributed by atoms with Gasteiger partial charge in [-0.1, -0.05) is 12.1 Å². The van der Waals surface area contributed by atoms with E-state index in [1.807, 2.05) is 0 Å². The average Bonchev–Trinajstić information content (AvgIpc) is 2.27. The second-order valence-electron chi connectivity index (χ2n) is 3.78. The third-order valence-corrected chi connectivity index (χ3v) is 4.31. The largest absolute Gasteiger partial charge is 0.399 e. The third kappa shape index (κ3) is 3.19. The lowest BCUT2D eigenvalue weighted by molar-refractivity contribution is 0.400. The van der Waals surface area contributed by atoms with Gasteiger partial charge in [-0.2, -0.15) is 9.57 Å². The maximum absolute atomic E-state index is 11.7. The van der Waals surface area contributed by atoms with Crippen LogP contribution in [0.3, 0.4) is 0 Å². The van der Waals surface area contributed by atoms with E-state index in [1.165, 1.54) is 11.4 Å². The Morgan fingerprint density at radius 2 is 2.18 bits per heavy atom. The smallest absolute Gasteiger partial charge is 0.227 e. The molecule has 0 saturated carbocycles. The summed E-state index contributed by atoms with van der Waals surface area (Å²) in [4.78, 5) is 0. The normalized spacial score (nSPS) is 13.3. The number of nitriles is 1. The molecular weight excluding hydrogens is 238 g/mol. The first kappa shape index (κ1) is 13.5. The molecule has 0 saturated heterocycles. The third-order valence-electron chi connectivity index (χ3n) is 2.62. The molecule has 0 heterocycles. The van der Waals surface area contributed by atoms with E-state index in [9.17, 15) is 8.42 Å². The molecule has 1 atom stereocenters. The van der Waals surface area contributed by atoms with E-state index in [-0.39, 0.29) is 6.04 Å². The first-order chi connectivity index (χ1) is 7.88. The predicted octanol–water partition coefficient (Wildman–Crippen LogP) is 1.11. The topological polar surface area (TPSA) is 87.2 Å². The number of rotatable bonds is 4. The number of nitrogen functional groups attached to an aromatic ring is 1. The molecule has 1 rings (SSSR count). The Hall–Kier alpha value is -1.58. The van der Waals surface area contributed by atoms with Crippen molar-refractivity contribution >= 4 is 15.7 Å². The molecule has 0 aromatic heterocycles. The number of nitrogens with zero attached hydrogens (tertiary/aromatic N) is 2. The van der Waals surface area contributed by atoms with Gasteiger partial charge in [0.15, 0.2) is 5.75 Å². The Morgan fingerprint density at radius 1 is 1.53 bits per heavy atom. The number of anilines is 1. The molecule has 0 spiro atoms. The zero-order chi connectivity index (χ0) is 13.1. The van der Waals surface area contributed by atoms with Crippen molar-refractivity contribution in [1.82, 2.24) is 4.31 Å². The van der Waals surface area contributed by atoms with E-state index < -0.39 is 15.8 Å². The van der Waals surface area contributed by atoms with Crippen LogP contribution >= 0.6 is 0 Å². The minimum atomic E-state index is -3.54. The van der Waals surface area contributed by atoms with Crippen LogP contribution in [0.2, 0.25) is 0 Å². The lowest BCUT2D eigenvalue weighted by Gasteiger charge is -2.23. The molecule has 0 radical (unpaired) electrons. The fourth-order valence-corrected chi connectivity index (χ4v) is 2.42. The quantitative estimate of drug-likeness (QED) is 0.814. The summed E-state index contributed by atoms with van der Waals surface area (Å²) in [6, 6.07) is 8.34. The Kier molecular flexibility index (Phi) is 4.10. The SMILES string of the molecule is CC(c1cccc(N)c1)N(C)S(=O)(=O)CC#N. The van der Waals surface area contributed by atoms with Crippen LogP contribution in [0.4, 0.5) is 5.69 Å². The lowest BCUT2D eigenvalue weighted by Crippen LogP contribution is -2.31. The van der Waals surface area contributed by atoms with Crippen LogP contribution in [0, 0.1) is 11.3 Å². The van der Waals surface area contributed by atoms with Crippen molar-refractivity contribution in [1.29, 1.82) is 5.26 Å². The van der Waals surface area contributed by atoms with Crippen molar-refractivity contribution in [2.24, 2.45) is 0 Å². The Morgan fingerprint density at radius 3 is 2.71 bits per heavy atom. The van der Waals surface area contributed by atoms with Crippen molar-refractivity contribution in [2.45, 2.75) is 13.0 Å². The van der Waals surface area contributed by atoms with Gasteiger partial charge < -0.3 is 5.73 Å². The fourth-order valence-electron chi connectivity index (χ4n) is 1.45. The Balaban J connectivity index is 2.99. The molecule has 2 N–H and O–H groups in total. The van der Waals surface area contributed by atoms with Gasteiger partial charge in [-0.3, -0.25) is 0 Å². The monoisotopic (exact) mass is 253 g/mol. The summed E-state index contributed by atoms with van der Waals surface area (Å²) < 4.78 is 24.6. The van der Waals surface area contributed by atoms with Gasteiger partial charge in [0.25, 0.3) is 0 Å². The van der Waals surface area contributed by atoms with E-state index in [1.54, 1.807) is 37.3 Å². The van der Waals surface area contributed by atoms with Gasteiger partial charge in [0, 0.05) is 18.8 Å². The molecule has 1 unspecified atom stereocenters. The number of sulfonamides is 1. The summed E-state index contributed by atoms with van der Waals surface area (Å²) in [5, 5.41) is 8.47. The summed E-state index contributed by atoms with van der Waals surface area (Å²) in [6.45, 7) is 1.75. The van der Waals surface area contributed by atoms with Crippen molar-refractivity contribution in [3.8, 4) is 6.07 Å². The molecule has 0 amide bonds. The number of hydrogen-bond donors (Lipinski definition) is 1. The summed E-state index contributed by atoms with van der Waals surface area (Å²) in [5.74, 6) is -0.518. The van der Waals surface area contributed by atoms with Crippen molar-refractivity contribution in [3.63, 3.8) is 0 Å². The average molecular weight is 253 g/mol. The van der Waals surface area contributed by atoms with E-state index >= 15 is 0 Å². The summed E-state index contributed by atoms with van der Waals surface area (Å²) in [5.41, 5.74) is 7.03. The molecule has 0 aliphatic rings. The van der Waals surface area contributed by atoms with Crippen LogP contribution in [-0.4, -0.2) is 25.5 Å². The van der Waals surface area contributed by atoms with Crippen LogP contribution in [-0.2, 0) is 10.0 Å². The van der Waals surface area contributed by atoms with Gasteiger partial charge in [0.2, 0.25) is 10.0 Å². The minimum Gasteiger partial charge on any atom is -0.399 e. The number of benzene rings is 1. The van der Waals surface area contributed by atoms with Crippen molar-refractivity contribution in [2.75, 3.05) is 18.5 Å². The highest BCUT2D eigenvalue weighted by Gasteiger charge is 2.23. The minimum absolute atomic E-state index is 0.350. The molecule has 0 bridgehead atoms. The zero-order valence-corrected chi connectivity index (χ0v) is 10.6. The lowest BCUT2D eigenvalue weighted by atomic mass is 10.1. The highest BCUT2D eigenvalue weighted by molar-refractivity contribution is 7.89. The second kappa shape index (κ2) is 5.17. The van der Waals surface area contributed by atoms with Gasteiger partial charge in [-0.05, 0) is 24.6 Å². The molecule has 92 valence electrons. The van der Waals surface area contributed by atoms with E-state index in [0.717, 1.165) is 5.56 Å². The van der Waals surface area contributed by atoms with Gasteiger partial charge in [0.05, 0.1) is 6.07 Å². The molecule has 17 heavy (non-hydrogen) atoms. The summed E-state index contributed by atoms with van der Waals surface area (Å²) in [7, 11) is -2.08. The van der Waals surface area contributed by atoms with Gasteiger partial charge in [-0.25, -0.2) is 8.42 Å². The zero-order valence-electron chi connectivity index (χ0n) is 9.79. The molecule has 1 aromatic rings. The van der Waals surface area contributed by atoms with Gasteiger partial charge in [-0.15, -0.1) is 0 Å². The van der Waals surface area contributed by atoms with Gasteiger partial charge in [0.1, 0.15) is 0 Å². The molecule has 5 nitrogen and oxygen atoms in total. The van der Waals surface area contributed by atoms with Crippen molar-refractivity contribution < 1.29 is 8.42 Å². The summed E-state index contributed by atoms with van der Waals surface area (Å²) in [6.07, 6.45) is 0. The van der Waals surface area contributed by atoms with Crippen LogP contribution in [0.1, 0.15) is 18.5 Å². The van der Waals surface area contributed by atoms with Crippen LogP contribution < -0.4 is 5.73 Å².